The lowest BCUT2D eigenvalue weighted by Crippen LogP contribution is -2.01. The molecule has 3 nitrogen and oxygen atoms in total. The smallest absolute Gasteiger partial charge is 0.212 e. The highest BCUT2D eigenvalue weighted by Crippen LogP contribution is 2.13. The van der Waals surface area contributed by atoms with Gasteiger partial charge in [-0.25, -0.2) is 0 Å². The summed E-state index contributed by atoms with van der Waals surface area (Å²) in [6, 6.07) is 5.22. The molecular weight excluding hydrogens is 166 g/mol. The molecule has 0 radical (unpaired) electrons. The van der Waals surface area contributed by atoms with Crippen molar-refractivity contribution in [1.29, 1.82) is 0 Å². The molecule has 2 aromatic heterocycles. The van der Waals surface area contributed by atoms with Crippen LogP contribution in [0.5, 0.6) is 0 Å². The number of aromatic nitrogens is 1. The Bertz CT molecular complexity index is 412. The van der Waals surface area contributed by atoms with E-state index in [4.69, 9.17) is 4.42 Å². The van der Waals surface area contributed by atoms with E-state index >= 15 is 0 Å². The van der Waals surface area contributed by atoms with Gasteiger partial charge in [0.2, 0.25) is 5.78 Å². The molecule has 0 saturated heterocycles. The molecular formula is C10H9NO2. The van der Waals surface area contributed by atoms with Gasteiger partial charge in [-0.05, 0) is 25.1 Å². The second-order valence-electron chi connectivity index (χ2n) is 2.80. The topological polar surface area (TPSA) is 46.0 Å². The van der Waals surface area contributed by atoms with Crippen LogP contribution in [0.15, 0.2) is 35.1 Å². The van der Waals surface area contributed by atoms with Crippen LogP contribution in [0.2, 0.25) is 0 Å². The number of carbonyl (C=O) groups excluding carboxylic acids is 1. The Kier molecular flexibility index (Phi) is 1.77. The number of H-pyrrole nitrogens is 1. The fraction of sp³-hybridized carbons (Fsp3) is 0.100. The SMILES string of the molecule is Cc1occc1C(=O)c1ccc[nH]1. The fourth-order valence-corrected chi connectivity index (χ4v) is 1.24. The van der Waals surface area contributed by atoms with Crippen molar-refractivity contribution in [2.75, 3.05) is 0 Å². The zero-order valence-electron chi connectivity index (χ0n) is 7.20. The number of hydrogen-bond acceptors (Lipinski definition) is 2. The molecule has 1 N–H and O–H groups in total. The Balaban J connectivity index is 2.39. The summed E-state index contributed by atoms with van der Waals surface area (Å²) in [5, 5.41) is 0. The molecule has 0 saturated carbocycles. The first kappa shape index (κ1) is 7.86. The number of hydrogen-bond donors (Lipinski definition) is 1. The first-order valence-electron chi connectivity index (χ1n) is 4.01. The second kappa shape index (κ2) is 2.94. The molecule has 13 heavy (non-hydrogen) atoms. The molecule has 2 rings (SSSR count). The van der Waals surface area contributed by atoms with Crippen molar-refractivity contribution >= 4 is 5.78 Å². The quantitative estimate of drug-likeness (QED) is 0.711. The molecule has 0 aliphatic heterocycles. The van der Waals surface area contributed by atoms with E-state index in [0.29, 0.717) is 17.0 Å². The maximum atomic E-state index is 11.7. The van der Waals surface area contributed by atoms with Gasteiger partial charge < -0.3 is 9.40 Å². The van der Waals surface area contributed by atoms with Crippen LogP contribution in [0.3, 0.4) is 0 Å². The van der Waals surface area contributed by atoms with Crippen molar-refractivity contribution in [2.45, 2.75) is 6.92 Å². The van der Waals surface area contributed by atoms with Crippen molar-refractivity contribution < 1.29 is 9.21 Å². The molecule has 2 aromatic rings. The highest BCUT2D eigenvalue weighted by Gasteiger charge is 2.13. The maximum absolute atomic E-state index is 11.7. The van der Waals surface area contributed by atoms with E-state index in [9.17, 15) is 4.79 Å². The van der Waals surface area contributed by atoms with Crippen molar-refractivity contribution in [3.8, 4) is 0 Å². The van der Waals surface area contributed by atoms with Crippen LogP contribution in [0.1, 0.15) is 21.8 Å². The number of aryl methyl sites for hydroxylation is 1. The van der Waals surface area contributed by atoms with E-state index < -0.39 is 0 Å². The number of carbonyl (C=O) groups is 1. The van der Waals surface area contributed by atoms with Gasteiger partial charge in [0.25, 0.3) is 0 Å². The van der Waals surface area contributed by atoms with E-state index in [1.54, 1.807) is 31.3 Å². The summed E-state index contributed by atoms with van der Waals surface area (Å²) in [4.78, 5) is 14.6. The van der Waals surface area contributed by atoms with Crippen LogP contribution in [0.4, 0.5) is 0 Å². The molecule has 0 aromatic carbocycles. The van der Waals surface area contributed by atoms with E-state index in [0.717, 1.165) is 0 Å². The highest BCUT2D eigenvalue weighted by molar-refractivity contribution is 6.08. The van der Waals surface area contributed by atoms with Gasteiger partial charge in [-0.15, -0.1) is 0 Å². The zero-order chi connectivity index (χ0) is 9.26. The molecule has 0 unspecified atom stereocenters. The third-order valence-electron chi connectivity index (χ3n) is 1.95. The molecule has 0 aliphatic carbocycles. The molecule has 0 aliphatic rings. The number of rotatable bonds is 2. The van der Waals surface area contributed by atoms with Crippen molar-refractivity contribution in [3.05, 3.63) is 47.7 Å². The lowest BCUT2D eigenvalue weighted by molar-refractivity contribution is 0.103. The van der Waals surface area contributed by atoms with Gasteiger partial charge in [-0.3, -0.25) is 4.79 Å². The Labute approximate surface area is 75.4 Å². The Morgan fingerprint density at radius 2 is 2.31 bits per heavy atom. The largest absolute Gasteiger partial charge is 0.469 e. The van der Waals surface area contributed by atoms with E-state index in [2.05, 4.69) is 4.98 Å². The summed E-state index contributed by atoms with van der Waals surface area (Å²) in [5.74, 6) is 0.621. The maximum Gasteiger partial charge on any atom is 0.212 e. The minimum atomic E-state index is -0.0312. The summed E-state index contributed by atoms with van der Waals surface area (Å²) in [7, 11) is 0. The Morgan fingerprint density at radius 1 is 1.46 bits per heavy atom. The predicted octanol–water partition coefficient (Wildman–Crippen LogP) is 2.15. The first-order chi connectivity index (χ1) is 6.29. The van der Waals surface area contributed by atoms with Gasteiger partial charge in [0.1, 0.15) is 5.76 Å². The van der Waals surface area contributed by atoms with Crippen molar-refractivity contribution in [3.63, 3.8) is 0 Å². The zero-order valence-corrected chi connectivity index (χ0v) is 7.20. The minimum Gasteiger partial charge on any atom is -0.469 e. The second-order valence-corrected chi connectivity index (χ2v) is 2.80. The van der Waals surface area contributed by atoms with Gasteiger partial charge in [-0.2, -0.15) is 0 Å². The highest BCUT2D eigenvalue weighted by atomic mass is 16.3. The molecule has 0 atom stereocenters. The van der Waals surface area contributed by atoms with Gasteiger partial charge >= 0.3 is 0 Å². The van der Waals surface area contributed by atoms with Crippen LogP contribution in [0.25, 0.3) is 0 Å². The number of furan rings is 1. The van der Waals surface area contributed by atoms with Gasteiger partial charge in [0.15, 0.2) is 0 Å². The summed E-state index contributed by atoms with van der Waals surface area (Å²) in [6.07, 6.45) is 3.24. The summed E-state index contributed by atoms with van der Waals surface area (Å²) in [5.41, 5.74) is 1.20. The third-order valence-corrected chi connectivity index (χ3v) is 1.95. The molecule has 0 fully saturated rings. The van der Waals surface area contributed by atoms with Crippen LogP contribution in [-0.4, -0.2) is 10.8 Å². The van der Waals surface area contributed by atoms with Gasteiger partial charge in [0, 0.05) is 6.20 Å². The molecule has 66 valence electrons. The molecule has 3 heteroatoms. The van der Waals surface area contributed by atoms with Crippen LogP contribution in [0, 0.1) is 6.92 Å². The fourth-order valence-electron chi connectivity index (χ4n) is 1.24. The third kappa shape index (κ3) is 1.28. The van der Waals surface area contributed by atoms with Crippen molar-refractivity contribution in [2.24, 2.45) is 0 Å². The van der Waals surface area contributed by atoms with Gasteiger partial charge in [-0.1, -0.05) is 0 Å². The normalized spacial score (nSPS) is 10.2. The lowest BCUT2D eigenvalue weighted by atomic mass is 10.1. The van der Waals surface area contributed by atoms with Crippen LogP contribution >= 0.6 is 0 Å². The molecule has 0 spiro atoms. The predicted molar refractivity (Wildman–Crippen MR) is 47.7 cm³/mol. The number of nitrogens with one attached hydrogen (secondary N) is 1. The monoisotopic (exact) mass is 175 g/mol. The van der Waals surface area contributed by atoms with E-state index in [-0.39, 0.29) is 5.78 Å². The average molecular weight is 175 g/mol. The van der Waals surface area contributed by atoms with Crippen LogP contribution in [-0.2, 0) is 0 Å². The lowest BCUT2D eigenvalue weighted by Gasteiger charge is -1.94. The summed E-state index contributed by atoms with van der Waals surface area (Å²) in [6.45, 7) is 1.77. The van der Waals surface area contributed by atoms with Gasteiger partial charge in [0.05, 0.1) is 17.5 Å². The Morgan fingerprint density at radius 3 is 2.85 bits per heavy atom. The number of aromatic amines is 1. The standard InChI is InChI=1S/C10H9NO2/c1-7-8(4-6-13-7)10(12)9-3-2-5-11-9/h2-6,11H,1H3. The molecule has 2 heterocycles. The number of ketones is 1. The Hall–Kier alpha value is -1.77. The minimum absolute atomic E-state index is 0.0312. The summed E-state index contributed by atoms with van der Waals surface area (Å²) >= 11 is 0. The molecule has 0 bridgehead atoms. The van der Waals surface area contributed by atoms with Crippen molar-refractivity contribution in [1.82, 2.24) is 4.98 Å². The molecule has 0 amide bonds. The van der Waals surface area contributed by atoms with E-state index in [1.807, 2.05) is 0 Å². The van der Waals surface area contributed by atoms with Crippen LogP contribution < -0.4 is 0 Å². The first-order valence-corrected chi connectivity index (χ1v) is 4.01. The van der Waals surface area contributed by atoms with E-state index in [1.165, 1.54) is 6.26 Å². The average Bonchev–Trinajstić information content (AvgIpc) is 2.72. The summed E-state index contributed by atoms with van der Waals surface area (Å²) < 4.78 is 5.05.